The minimum absolute atomic E-state index is 0.181. The third kappa shape index (κ3) is 3.03. The fourth-order valence-electron chi connectivity index (χ4n) is 2.51. The first-order valence-electron chi connectivity index (χ1n) is 6.44. The lowest BCUT2D eigenvalue weighted by molar-refractivity contribution is 0.0614. The summed E-state index contributed by atoms with van der Waals surface area (Å²) in [4.78, 5) is 14.6. The van der Waals surface area contributed by atoms with Crippen LogP contribution in [0.1, 0.15) is 29.6 Å². The van der Waals surface area contributed by atoms with Crippen molar-refractivity contribution < 1.29 is 4.79 Å². The number of nitrogens with zero attached hydrogens (tertiary/aromatic N) is 1. The van der Waals surface area contributed by atoms with Gasteiger partial charge in [-0.15, -0.1) is 0 Å². The molecule has 3 nitrogen and oxygen atoms in total. The van der Waals surface area contributed by atoms with Crippen LogP contribution in [0.3, 0.4) is 0 Å². The fourth-order valence-corrected chi connectivity index (χ4v) is 3.12. The number of likely N-dealkylation sites (tertiary alicyclic amines) is 1. The molecule has 0 spiro atoms. The van der Waals surface area contributed by atoms with Crippen LogP contribution < -0.4 is 5.32 Å². The van der Waals surface area contributed by atoms with E-state index < -0.39 is 0 Å². The molecule has 1 aliphatic heterocycles. The van der Waals surface area contributed by atoms with Crippen LogP contribution in [-0.4, -0.2) is 37.0 Å². The van der Waals surface area contributed by atoms with Crippen LogP contribution in [0.5, 0.6) is 0 Å². The first-order chi connectivity index (χ1) is 8.74. The van der Waals surface area contributed by atoms with Crippen molar-refractivity contribution in [1.29, 1.82) is 0 Å². The maximum absolute atomic E-state index is 12.6. The summed E-state index contributed by atoms with van der Waals surface area (Å²) in [5.41, 5.74) is 0.834. The van der Waals surface area contributed by atoms with Gasteiger partial charge in [-0.1, -0.05) is 12.1 Å². The molecule has 1 amide bonds. The Morgan fingerprint density at radius 3 is 2.94 bits per heavy atom. The van der Waals surface area contributed by atoms with Gasteiger partial charge in [-0.2, -0.15) is 0 Å². The van der Waals surface area contributed by atoms with Crippen LogP contribution in [0.25, 0.3) is 0 Å². The quantitative estimate of drug-likeness (QED) is 0.843. The number of benzene rings is 1. The molecule has 1 N–H and O–H groups in total. The number of nitrogens with one attached hydrogen (secondary N) is 1. The maximum atomic E-state index is 12.6. The molecule has 1 aromatic rings. The van der Waals surface area contributed by atoms with E-state index in [1.807, 2.05) is 36.2 Å². The first kappa shape index (κ1) is 13.8. The summed E-state index contributed by atoms with van der Waals surface area (Å²) in [6.07, 6.45) is 3.45. The lowest BCUT2D eigenvalue weighted by atomic mass is 10.0. The van der Waals surface area contributed by atoms with Crippen LogP contribution in [-0.2, 0) is 0 Å². The second kappa shape index (κ2) is 6.52. The van der Waals surface area contributed by atoms with Crippen molar-refractivity contribution >= 4 is 28.5 Å². The molecular weight excluding hydrogens is 339 g/mol. The predicted molar refractivity (Wildman–Crippen MR) is 81.8 cm³/mol. The lowest BCUT2D eigenvalue weighted by Crippen LogP contribution is -2.48. The molecule has 98 valence electrons. The summed E-state index contributed by atoms with van der Waals surface area (Å²) in [7, 11) is 1.95. The second-order valence-electron chi connectivity index (χ2n) is 4.69. The Morgan fingerprint density at radius 1 is 1.44 bits per heavy atom. The largest absolute Gasteiger partial charge is 0.334 e. The Morgan fingerprint density at radius 2 is 2.22 bits per heavy atom. The zero-order valence-corrected chi connectivity index (χ0v) is 12.8. The summed E-state index contributed by atoms with van der Waals surface area (Å²) in [6.45, 7) is 1.77. The van der Waals surface area contributed by atoms with Gasteiger partial charge in [0, 0.05) is 22.7 Å². The molecular formula is C14H19IN2O. The number of amides is 1. The molecule has 1 atom stereocenters. The van der Waals surface area contributed by atoms with E-state index in [1.54, 1.807) is 0 Å². The van der Waals surface area contributed by atoms with Gasteiger partial charge in [0.2, 0.25) is 0 Å². The van der Waals surface area contributed by atoms with Gasteiger partial charge < -0.3 is 10.2 Å². The molecule has 2 rings (SSSR count). The highest BCUT2D eigenvalue weighted by atomic mass is 127. The average Bonchev–Trinajstić information content (AvgIpc) is 2.40. The topological polar surface area (TPSA) is 32.3 Å². The normalized spacial score (nSPS) is 19.9. The standard InChI is InChI=1S/C14H19IN2O/c1-16-10-11-6-4-5-9-17(11)14(18)12-7-2-3-8-13(12)15/h2-3,7-8,11,16H,4-6,9-10H2,1H3. The maximum Gasteiger partial charge on any atom is 0.255 e. The highest BCUT2D eigenvalue weighted by Crippen LogP contribution is 2.21. The lowest BCUT2D eigenvalue weighted by Gasteiger charge is -2.36. The molecule has 1 unspecified atom stereocenters. The molecule has 1 aromatic carbocycles. The Balaban J connectivity index is 2.18. The van der Waals surface area contributed by atoms with Crippen molar-refractivity contribution in [3.05, 3.63) is 33.4 Å². The molecule has 1 fully saturated rings. The second-order valence-corrected chi connectivity index (χ2v) is 5.85. The number of carbonyl (C=O) groups excluding carboxylic acids is 1. The molecule has 1 saturated heterocycles. The van der Waals surface area contributed by atoms with E-state index in [1.165, 1.54) is 6.42 Å². The number of halogens is 1. The Labute approximate surface area is 122 Å². The van der Waals surface area contributed by atoms with Gasteiger partial charge in [-0.3, -0.25) is 4.79 Å². The van der Waals surface area contributed by atoms with Crippen LogP contribution in [0.15, 0.2) is 24.3 Å². The van der Waals surface area contributed by atoms with Crippen molar-refractivity contribution in [2.75, 3.05) is 20.1 Å². The van der Waals surface area contributed by atoms with E-state index in [0.29, 0.717) is 6.04 Å². The van der Waals surface area contributed by atoms with Crippen LogP contribution in [0.4, 0.5) is 0 Å². The highest BCUT2D eigenvalue weighted by Gasteiger charge is 2.27. The molecule has 0 radical (unpaired) electrons. The van der Waals surface area contributed by atoms with Gasteiger partial charge in [0.25, 0.3) is 5.91 Å². The number of piperidine rings is 1. The van der Waals surface area contributed by atoms with Crippen LogP contribution >= 0.6 is 22.6 Å². The van der Waals surface area contributed by atoms with Crippen molar-refractivity contribution in [2.45, 2.75) is 25.3 Å². The fraction of sp³-hybridized carbons (Fsp3) is 0.500. The molecule has 1 aliphatic rings. The summed E-state index contributed by atoms with van der Waals surface area (Å²) >= 11 is 2.24. The van der Waals surface area contributed by atoms with Crippen molar-refractivity contribution in [2.24, 2.45) is 0 Å². The van der Waals surface area contributed by atoms with Crippen LogP contribution in [0, 0.1) is 3.57 Å². The smallest absolute Gasteiger partial charge is 0.255 e. The number of rotatable bonds is 3. The Kier molecular flexibility index (Phi) is 5.00. The van der Waals surface area contributed by atoms with Gasteiger partial charge in [0.15, 0.2) is 0 Å². The molecule has 18 heavy (non-hydrogen) atoms. The van der Waals surface area contributed by atoms with Crippen molar-refractivity contribution in [3.63, 3.8) is 0 Å². The Bertz CT molecular complexity index is 420. The monoisotopic (exact) mass is 358 g/mol. The summed E-state index contributed by atoms with van der Waals surface area (Å²) in [6, 6.07) is 8.17. The van der Waals surface area contributed by atoms with Crippen LogP contribution in [0.2, 0.25) is 0 Å². The van der Waals surface area contributed by atoms with E-state index in [4.69, 9.17) is 0 Å². The first-order valence-corrected chi connectivity index (χ1v) is 7.52. The third-order valence-corrected chi connectivity index (χ3v) is 4.37. The SMILES string of the molecule is CNCC1CCCCN1C(=O)c1ccccc1I. The van der Waals surface area contributed by atoms with Gasteiger partial charge >= 0.3 is 0 Å². The number of likely N-dealkylation sites (N-methyl/N-ethyl adjacent to an activating group) is 1. The molecule has 1 heterocycles. The zero-order chi connectivity index (χ0) is 13.0. The molecule has 0 aliphatic carbocycles. The van der Waals surface area contributed by atoms with E-state index in [9.17, 15) is 4.79 Å². The third-order valence-electron chi connectivity index (χ3n) is 3.43. The molecule has 0 bridgehead atoms. The average molecular weight is 358 g/mol. The van der Waals surface area contributed by atoms with Crippen molar-refractivity contribution in [3.8, 4) is 0 Å². The van der Waals surface area contributed by atoms with E-state index in [-0.39, 0.29) is 5.91 Å². The van der Waals surface area contributed by atoms with Gasteiger partial charge in [-0.25, -0.2) is 0 Å². The molecule has 0 saturated carbocycles. The van der Waals surface area contributed by atoms with Gasteiger partial charge in [0.1, 0.15) is 0 Å². The molecule has 0 aromatic heterocycles. The number of carbonyl (C=O) groups is 1. The number of hydrogen-bond donors (Lipinski definition) is 1. The Hall–Kier alpha value is -0.620. The van der Waals surface area contributed by atoms with Gasteiger partial charge in [-0.05, 0) is 61.0 Å². The van der Waals surface area contributed by atoms with E-state index >= 15 is 0 Å². The predicted octanol–water partition coefficient (Wildman–Crippen LogP) is 2.51. The molecule has 4 heteroatoms. The minimum atomic E-state index is 0.181. The summed E-state index contributed by atoms with van der Waals surface area (Å²) in [5.74, 6) is 0.181. The minimum Gasteiger partial charge on any atom is -0.334 e. The summed E-state index contributed by atoms with van der Waals surface area (Å²) < 4.78 is 1.04. The highest BCUT2D eigenvalue weighted by molar-refractivity contribution is 14.1. The van der Waals surface area contributed by atoms with E-state index in [0.717, 1.165) is 35.1 Å². The zero-order valence-electron chi connectivity index (χ0n) is 10.7. The van der Waals surface area contributed by atoms with E-state index in [2.05, 4.69) is 27.9 Å². The summed E-state index contributed by atoms with van der Waals surface area (Å²) in [5, 5.41) is 3.19. The van der Waals surface area contributed by atoms with Crippen molar-refractivity contribution in [1.82, 2.24) is 10.2 Å². The van der Waals surface area contributed by atoms with Gasteiger partial charge in [0.05, 0.1) is 5.56 Å². The number of hydrogen-bond acceptors (Lipinski definition) is 2.